The van der Waals surface area contributed by atoms with Gasteiger partial charge in [0.05, 0.1) is 12.1 Å². The Balaban J connectivity index is 1.79. The zero-order valence-corrected chi connectivity index (χ0v) is 16.8. The van der Waals surface area contributed by atoms with E-state index in [2.05, 4.69) is 10.3 Å². The van der Waals surface area contributed by atoms with E-state index < -0.39 is 5.69 Å². The maximum atomic E-state index is 13.4. The summed E-state index contributed by atoms with van der Waals surface area (Å²) in [7, 11) is 0. The van der Waals surface area contributed by atoms with Crippen LogP contribution in [0.4, 0.5) is 11.5 Å². The molecule has 1 aromatic heterocycles. The van der Waals surface area contributed by atoms with Crippen LogP contribution in [-0.2, 0) is 13.0 Å². The van der Waals surface area contributed by atoms with E-state index in [-0.39, 0.29) is 12.1 Å². The van der Waals surface area contributed by atoms with Gasteiger partial charge in [-0.25, -0.2) is 4.79 Å². The summed E-state index contributed by atoms with van der Waals surface area (Å²) >= 11 is 0. The Morgan fingerprint density at radius 1 is 0.800 bits per heavy atom. The van der Waals surface area contributed by atoms with E-state index in [0.29, 0.717) is 17.8 Å². The van der Waals surface area contributed by atoms with Gasteiger partial charge in [0, 0.05) is 12.1 Å². The van der Waals surface area contributed by atoms with Crippen molar-refractivity contribution >= 4 is 11.5 Å². The van der Waals surface area contributed by atoms with Crippen molar-refractivity contribution in [1.82, 2.24) is 9.55 Å². The van der Waals surface area contributed by atoms with Gasteiger partial charge in [-0.3, -0.25) is 14.3 Å². The minimum Gasteiger partial charge on any atom is -0.341 e. The van der Waals surface area contributed by atoms with E-state index >= 15 is 0 Å². The lowest BCUT2D eigenvalue weighted by Gasteiger charge is -2.14. The average molecular weight is 397 g/mol. The molecule has 4 aromatic rings. The van der Waals surface area contributed by atoms with Crippen LogP contribution in [0, 0.1) is 6.92 Å². The SMILES string of the molecule is Cc1ccc(Cc2c(Nc3ccccc3)[nH]c(=O)n(Cc3ccccc3)c2=O)cc1. The molecule has 0 amide bonds. The molecule has 30 heavy (non-hydrogen) atoms. The van der Waals surface area contributed by atoms with Crippen molar-refractivity contribution in [3.63, 3.8) is 0 Å². The number of hydrogen-bond acceptors (Lipinski definition) is 3. The fourth-order valence-electron chi connectivity index (χ4n) is 3.37. The van der Waals surface area contributed by atoms with Crippen molar-refractivity contribution in [3.05, 3.63) is 128 Å². The summed E-state index contributed by atoms with van der Waals surface area (Å²) in [6.07, 6.45) is 0.417. The molecule has 3 aromatic carbocycles. The highest BCUT2D eigenvalue weighted by molar-refractivity contribution is 5.59. The van der Waals surface area contributed by atoms with Crippen LogP contribution in [0.5, 0.6) is 0 Å². The second-order valence-corrected chi connectivity index (χ2v) is 7.31. The van der Waals surface area contributed by atoms with Crippen LogP contribution in [0.3, 0.4) is 0 Å². The van der Waals surface area contributed by atoms with Crippen LogP contribution in [0.25, 0.3) is 0 Å². The molecule has 5 nitrogen and oxygen atoms in total. The van der Waals surface area contributed by atoms with Gasteiger partial charge in [-0.15, -0.1) is 0 Å². The smallest absolute Gasteiger partial charge is 0.330 e. The maximum absolute atomic E-state index is 13.4. The standard InChI is InChI=1S/C25H23N3O2/c1-18-12-14-19(15-13-18)16-22-23(26-21-10-6-3-7-11-21)27-25(30)28(24(22)29)17-20-8-4-2-5-9-20/h2-15,26H,16-17H2,1H3,(H,27,30). The number of nitrogens with one attached hydrogen (secondary N) is 2. The molecule has 0 bridgehead atoms. The van der Waals surface area contributed by atoms with E-state index in [1.807, 2.05) is 91.9 Å². The predicted molar refractivity (Wildman–Crippen MR) is 121 cm³/mol. The topological polar surface area (TPSA) is 66.9 Å². The molecule has 4 rings (SSSR count). The molecule has 0 aliphatic heterocycles. The summed E-state index contributed by atoms with van der Waals surface area (Å²) in [6.45, 7) is 2.25. The van der Waals surface area contributed by atoms with Gasteiger partial charge in [0.2, 0.25) is 0 Å². The minimum atomic E-state index is -0.435. The van der Waals surface area contributed by atoms with Crippen molar-refractivity contribution in [2.45, 2.75) is 19.9 Å². The summed E-state index contributed by atoms with van der Waals surface area (Å²) in [5.74, 6) is 0.432. The molecule has 0 atom stereocenters. The molecule has 0 aliphatic carbocycles. The third-order valence-corrected chi connectivity index (χ3v) is 5.01. The van der Waals surface area contributed by atoms with E-state index in [1.54, 1.807) is 0 Å². The third kappa shape index (κ3) is 4.41. The fourth-order valence-corrected chi connectivity index (χ4v) is 3.37. The molecular formula is C25H23N3O2. The number of aromatic nitrogens is 2. The number of anilines is 2. The van der Waals surface area contributed by atoms with Crippen molar-refractivity contribution < 1.29 is 0 Å². The van der Waals surface area contributed by atoms with E-state index in [9.17, 15) is 9.59 Å². The molecule has 0 aliphatic rings. The Kier molecular flexibility index (Phi) is 5.61. The first-order valence-electron chi connectivity index (χ1n) is 9.88. The first-order chi connectivity index (χ1) is 14.6. The molecule has 2 N–H and O–H groups in total. The van der Waals surface area contributed by atoms with Gasteiger partial charge in [0.15, 0.2) is 0 Å². The zero-order valence-electron chi connectivity index (χ0n) is 16.8. The highest BCUT2D eigenvalue weighted by Crippen LogP contribution is 2.18. The number of rotatable bonds is 6. The van der Waals surface area contributed by atoms with Crippen molar-refractivity contribution in [1.29, 1.82) is 0 Å². The van der Waals surface area contributed by atoms with Crippen LogP contribution >= 0.6 is 0 Å². The number of H-pyrrole nitrogens is 1. The number of aryl methyl sites for hydroxylation is 1. The average Bonchev–Trinajstić information content (AvgIpc) is 2.77. The monoisotopic (exact) mass is 397 g/mol. The zero-order chi connectivity index (χ0) is 20.9. The third-order valence-electron chi connectivity index (χ3n) is 5.01. The predicted octanol–water partition coefficient (Wildman–Crippen LogP) is 4.23. The minimum absolute atomic E-state index is 0.224. The van der Waals surface area contributed by atoms with Crippen LogP contribution in [-0.4, -0.2) is 9.55 Å². The lowest BCUT2D eigenvalue weighted by Crippen LogP contribution is -2.38. The molecule has 0 spiro atoms. The van der Waals surface area contributed by atoms with E-state index in [4.69, 9.17) is 0 Å². The van der Waals surface area contributed by atoms with Crippen molar-refractivity contribution in [3.8, 4) is 0 Å². The van der Waals surface area contributed by atoms with Gasteiger partial charge >= 0.3 is 5.69 Å². The lowest BCUT2D eigenvalue weighted by atomic mass is 10.0. The summed E-state index contributed by atoms with van der Waals surface area (Å²) in [5, 5.41) is 3.21. The summed E-state index contributed by atoms with van der Waals surface area (Å²) in [5.41, 5.74) is 3.67. The van der Waals surface area contributed by atoms with Crippen molar-refractivity contribution in [2.75, 3.05) is 5.32 Å². The highest BCUT2D eigenvalue weighted by Gasteiger charge is 2.15. The fraction of sp³-hybridized carbons (Fsp3) is 0.120. The highest BCUT2D eigenvalue weighted by atomic mass is 16.2. The quantitative estimate of drug-likeness (QED) is 0.512. The molecule has 5 heteroatoms. The van der Waals surface area contributed by atoms with E-state index in [0.717, 1.165) is 22.4 Å². The number of para-hydroxylation sites is 1. The number of benzene rings is 3. The Hall–Kier alpha value is -3.86. The summed E-state index contributed by atoms with van der Waals surface area (Å²) < 4.78 is 1.26. The molecule has 0 fully saturated rings. The Morgan fingerprint density at radius 2 is 1.43 bits per heavy atom. The number of aromatic amines is 1. The first-order valence-corrected chi connectivity index (χ1v) is 9.88. The van der Waals surface area contributed by atoms with Gasteiger partial charge in [-0.2, -0.15) is 0 Å². The molecular weight excluding hydrogens is 374 g/mol. The largest absolute Gasteiger partial charge is 0.341 e. The van der Waals surface area contributed by atoms with Crippen LogP contribution in [0.2, 0.25) is 0 Å². The second-order valence-electron chi connectivity index (χ2n) is 7.31. The maximum Gasteiger partial charge on any atom is 0.330 e. The van der Waals surface area contributed by atoms with Crippen LogP contribution in [0.1, 0.15) is 22.3 Å². The Labute approximate surface area is 174 Å². The number of hydrogen-bond donors (Lipinski definition) is 2. The van der Waals surface area contributed by atoms with Gasteiger partial charge in [-0.05, 0) is 30.2 Å². The lowest BCUT2D eigenvalue weighted by molar-refractivity contribution is 0.690. The molecule has 0 unspecified atom stereocenters. The first kappa shape index (κ1) is 19.5. The summed E-state index contributed by atoms with van der Waals surface area (Å²) in [4.78, 5) is 29.0. The second kappa shape index (κ2) is 8.66. The molecule has 0 radical (unpaired) electrons. The molecule has 1 heterocycles. The normalized spacial score (nSPS) is 10.7. The Morgan fingerprint density at radius 3 is 2.10 bits per heavy atom. The van der Waals surface area contributed by atoms with Gasteiger partial charge in [0.25, 0.3) is 5.56 Å². The molecule has 0 saturated carbocycles. The summed E-state index contributed by atoms with van der Waals surface area (Å²) in [6, 6.07) is 27.1. The van der Waals surface area contributed by atoms with Crippen molar-refractivity contribution in [2.24, 2.45) is 0 Å². The van der Waals surface area contributed by atoms with Crippen LogP contribution < -0.4 is 16.6 Å². The Bertz CT molecular complexity index is 1240. The van der Waals surface area contributed by atoms with Gasteiger partial charge < -0.3 is 5.32 Å². The van der Waals surface area contributed by atoms with Gasteiger partial charge in [0.1, 0.15) is 5.82 Å². The van der Waals surface area contributed by atoms with Gasteiger partial charge in [-0.1, -0.05) is 78.4 Å². The van der Waals surface area contributed by atoms with E-state index in [1.165, 1.54) is 4.57 Å². The van der Waals surface area contributed by atoms with Crippen LogP contribution in [0.15, 0.2) is 94.5 Å². The molecule has 150 valence electrons. The molecule has 0 saturated heterocycles. The number of nitrogens with zero attached hydrogens (tertiary/aromatic N) is 1.